The van der Waals surface area contributed by atoms with Crippen LogP contribution in [0.1, 0.15) is 53.4 Å². The molecule has 1 nitrogen and oxygen atoms in total. The highest BCUT2D eigenvalue weighted by molar-refractivity contribution is 5.15. The molecule has 3 unspecified atom stereocenters. The first-order valence-electron chi connectivity index (χ1n) is 6.85. The van der Waals surface area contributed by atoms with Crippen LogP contribution in [0.4, 0.5) is 0 Å². The van der Waals surface area contributed by atoms with E-state index < -0.39 is 5.60 Å². The molecule has 0 aromatic carbocycles. The molecular weight excluding hydrogens is 196 g/mol. The van der Waals surface area contributed by atoms with Gasteiger partial charge in [0.15, 0.2) is 0 Å². The standard InChI is InChI=1S/C15H26O/c1-10(2)12-7-8-15(4,16)14-6-5-11(3)13(14)9-12/h9-11,13-14,16H,5-8H2,1-4H3/t11?,13?,14?,15-/m0/s1. The molecule has 4 atom stereocenters. The predicted octanol–water partition coefficient (Wildman–Crippen LogP) is 3.78. The van der Waals surface area contributed by atoms with Gasteiger partial charge in [0.1, 0.15) is 0 Å². The lowest BCUT2D eigenvalue weighted by molar-refractivity contribution is -0.0168. The first-order valence-corrected chi connectivity index (χ1v) is 6.85. The molecule has 0 spiro atoms. The Morgan fingerprint density at radius 3 is 2.69 bits per heavy atom. The summed E-state index contributed by atoms with van der Waals surface area (Å²) in [5.41, 5.74) is 1.13. The molecule has 0 aromatic heterocycles. The highest BCUT2D eigenvalue weighted by atomic mass is 16.3. The lowest BCUT2D eigenvalue weighted by atomic mass is 9.79. The zero-order chi connectivity index (χ0) is 11.9. The van der Waals surface area contributed by atoms with Crippen LogP contribution in [0.5, 0.6) is 0 Å². The van der Waals surface area contributed by atoms with Crippen molar-refractivity contribution < 1.29 is 5.11 Å². The number of aliphatic hydroxyl groups is 1. The van der Waals surface area contributed by atoms with Gasteiger partial charge in [0, 0.05) is 0 Å². The molecule has 0 bridgehead atoms. The zero-order valence-corrected chi connectivity index (χ0v) is 11.2. The lowest BCUT2D eigenvalue weighted by Crippen LogP contribution is -2.36. The smallest absolute Gasteiger partial charge is 0.0656 e. The first kappa shape index (κ1) is 12.2. The van der Waals surface area contributed by atoms with Crippen LogP contribution >= 0.6 is 0 Å². The Morgan fingerprint density at radius 1 is 1.38 bits per heavy atom. The normalized spacial score (nSPS) is 44.1. The van der Waals surface area contributed by atoms with Gasteiger partial charge in [-0.05, 0) is 56.3 Å². The fraction of sp³-hybridized carbons (Fsp3) is 0.867. The van der Waals surface area contributed by atoms with Gasteiger partial charge in [-0.15, -0.1) is 0 Å². The van der Waals surface area contributed by atoms with E-state index in [4.69, 9.17) is 0 Å². The van der Waals surface area contributed by atoms with E-state index in [1.54, 1.807) is 5.57 Å². The summed E-state index contributed by atoms with van der Waals surface area (Å²) in [5, 5.41) is 10.6. The van der Waals surface area contributed by atoms with Crippen LogP contribution in [0.2, 0.25) is 0 Å². The molecule has 1 N–H and O–H groups in total. The minimum absolute atomic E-state index is 0.442. The molecular formula is C15H26O. The average Bonchev–Trinajstić information content (AvgIpc) is 2.47. The number of fused-ring (bicyclic) bond motifs is 1. The summed E-state index contributed by atoms with van der Waals surface area (Å²) in [6.45, 7) is 8.96. The van der Waals surface area contributed by atoms with Crippen molar-refractivity contribution >= 4 is 0 Å². The fourth-order valence-corrected chi connectivity index (χ4v) is 3.62. The van der Waals surface area contributed by atoms with Crippen molar-refractivity contribution in [3.8, 4) is 0 Å². The molecule has 2 aliphatic carbocycles. The second-order valence-electron chi connectivity index (χ2n) is 6.49. The quantitative estimate of drug-likeness (QED) is 0.669. The summed E-state index contributed by atoms with van der Waals surface area (Å²) in [5.74, 6) is 2.51. The van der Waals surface area contributed by atoms with Gasteiger partial charge >= 0.3 is 0 Å². The van der Waals surface area contributed by atoms with Gasteiger partial charge < -0.3 is 5.11 Å². The number of hydrogen-bond acceptors (Lipinski definition) is 1. The molecule has 1 fully saturated rings. The summed E-state index contributed by atoms with van der Waals surface area (Å²) < 4.78 is 0. The minimum Gasteiger partial charge on any atom is -0.390 e. The average molecular weight is 222 g/mol. The molecule has 0 radical (unpaired) electrons. The zero-order valence-electron chi connectivity index (χ0n) is 11.2. The largest absolute Gasteiger partial charge is 0.390 e. The Balaban J connectivity index is 2.29. The summed E-state index contributed by atoms with van der Waals surface area (Å²) in [6, 6.07) is 0. The highest BCUT2D eigenvalue weighted by Crippen LogP contribution is 2.48. The summed E-state index contributed by atoms with van der Waals surface area (Å²) >= 11 is 0. The van der Waals surface area contributed by atoms with E-state index in [9.17, 15) is 5.11 Å². The van der Waals surface area contributed by atoms with Crippen molar-refractivity contribution in [1.29, 1.82) is 0 Å². The Labute approximate surface area is 99.9 Å². The van der Waals surface area contributed by atoms with Crippen molar-refractivity contribution in [2.45, 2.75) is 59.0 Å². The second-order valence-corrected chi connectivity index (χ2v) is 6.49. The second kappa shape index (κ2) is 4.18. The lowest BCUT2D eigenvalue weighted by Gasteiger charge is -2.32. The summed E-state index contributed by atoms with van der Waals surface area (Å²) in [7, 11) is 0. The maximum atomic E-state index is 10.6. The molecule has 0 saturated heterocycles. The van der Waals surface area contributed by atoms with Gasteiger partial charge in [0.2, 0.25) is 0 Å². The van der Waals surface area contributed by atoms with Crippen molar-refractivity contribution in [2.24, 2.45) is 23.7 Å². The van der Waals surface area contributed by atoms with Gasteiger partial charge in [-0.3, -0.25) is 0 Å². The van der Waals surface area contributed by atoms with Crippen LogP contribution in [0.3, 0.4) is 0 Å². The molecule has 2 rings (SSSR count). The molecule has 1 saturated carbocycles. The van der Waals surface area contributed by atoms with E-state index >= 15 is 0 Å². The van der Waals surface area contributed by atoms with E-state index in [1.165, 1.54) is 12.8 Å². The van der Waals surface area contributed by atoms with E-state index in [1.807, 2.05) is 0 Å². The van der Waals surface area contributed by atoms with Crippen LogP contribution < -0.4 is 0 Å². The minimum atomic E-state index is -0.442. The van der Waals surface area contributed by atoms with E-state index in [0.29, 0.717) is 17.8 Å². The molecule has 0 aliphatic heterocycles. The molecule has 0 amide bonds. The SMILES string of the molecule is CC(C)C1=CC2C(C)CCC2[C@@](C)(O)CC1. The van der Waals surface area contributed by atoms with Gasteiger partial charge in [-0.1, -0.05) is 32.4 Å². The van der Waals surface area contributed by atoms with E-state index in [0.717, 1.165) is 18.8 Å². The third kappa shape index (κ3) is 2.07. The van der Waals surface area contributed by atoms with Crippen LogP contribution in [0.25, 0.3) is 0 Å². The van der Waals surface area contributed by atoms with Crippen LogP contribution in [-0.4, -0.2) is 10.7 Å². The molecule has 2 aliphatic rings. The monoisotopic (exact) mass is 222 g/mol. The number of hydrogen-bond donors (Lipinski definition) is 1. The van der Waals surface area contributed by atoms with Crippen LogP contribution in [0.15, 0.2) is 11.6 Å². The fourth-order valence-electron chi connectivity index (χ4n) is 3.62. The Hall–Kier alpha value is -0.300. The summed E-state index contributed by atoms with van der Waals surface area (Å²) in [6.07, 6.45) is 7.04. The van der Waals surface area contributed by atoms with Gasteiger partial charge in [-0.2, -0.15) is 0 Å². The van der Waals surface area contributed by atoms with Gasteiger partial charge in [0.05, 0.1) is 5.60 Å². The molecule has 16 heavy (non-hydrogen) atoms. The van der Waals surface area contributed by atoms with Crippen molar-refractivity contribution in [3.05, 3.63) is 11.6 Å². The Morgan fingerprint density at radius 2 is 2.06 bits per heavy atom. The first-order chi connectivity index (χ1) is 7.42. The number of rotatable bonds is 1. The molecule has 0 aromatic rings. The summed E-state index contributed by atoms with van der Waals surface area (Å²) in [4.78, 5) is 0. The third-order valence-corrected chi connectivity index (χ3v) is 4.92. The third-order valence-electron chi connectivity index (χ3n) is 4.92. The topological polar surface area (TPSA) is 20.2 Å². The van der Waals surface area contributed by atoms with E-state index in [2.05, 4.69) is 33.8 Å². The van der Waals surface area contributed by atoms with Crippen LogP contribution in [-0.2, 0) is 0 Å². The van der Waals surface area contributed by atoms with Crippen molar-refractivity contribution in [1.82, 2.24) is 0 Å². The highest BCUT2D eigenvalue weighted by Gasteiger charge is 2.44. The van der Waals surface area contributed by atoms with E-state index in [-0.39, 0.29) is 0 Å². The predicted molar refractivity (Wildman–Crippen MR) is 68.2 cm³/mol. The van der Waals surface area contributed by atoms with Crippen LogP contribution in [0, 0.1) is 23.7 Å². The number of allylic oxidation sites excluding steroid dienone is 2. The molecule has 1 heteroatoms. The van der Waals surface area contributed by atoms with Gasteiger partial charge in [0.25, 0.3) is 0 Å². The van der Waals surface area contributed by atoms with Crippen molar-refractivity contribution in [2.75, 3.05) is 0 Å². The maximum absolute atomic E-state index is 10.6. The Bertz CT molecular complexity index is 288. The molecule has 0 heterocycles. The molecule has 92 valence electrons. The Kier molecular flexibility index (Phi) is 3.18. The maximum Gasteiger partial charge on any atom is 0.0656 e. The van der Waals surface area contributed by atoms with Crippen molar-refractivity contribution in [3.63, 3.8) is 0 Å². The van der Waals surface area contributed by atoms with Gasteiger partial charge in [-0.25, -0.2) is 0 Å².